The zero-order valence-electron chi connectivity index (χ0n) is 18.6. The Labute approximate surface area is 185 Å². The standard InChI is InChI=1S/C23H28F3N3OS/c1-7-9-18(27-15(3)30)13-20-21(14-29(6)22(20)8-2)16-10-17(23(24,25)26)12-19(11-16)31-28(4)5/h8-14H,7H2,1-6H3,(H,27,30)/b18-9-,20-13-,22-8+. The van der Waals surface area contributed by atoms with Gasteiger partial charge in [0, 0.05) is 46.9 Å². The van der Waals surface area contributed by atoms with Gasteiger partial charge in [-0.05, 0) is 69.2 Å². The lowest BCUT2D eigenvalue weighted by Crippen LogP contribution is -2.30. The number of nitrogens with one attached hydrogen (secondary N) is 1. The van der Waals surface area contributed by atoms with Crippen LogP contribution in [0.3, 0.4) is 0 Å². The van der Waals surface area contributed by atoms with Crippen molar-refractivity contribution >= 4 is 30.0 Å². The van der Waals surface area contributed by atoms with Crippen LogP contribution in [0.25, 0.3) is 23.3 Å². The van der Waals surface area contributed by atoms with Crippen LogP contribution >= 0.6 is 11.9 Å². The van der Waals surface area contributed by atoms with Gasteiger partial charge in [0.15, 0.2) is 0 Å². The van der Waals surface area contributed by atoms with Crippen molar-refractivity contribution < 1.29 is 18.0 Å². The molecular weight excluding hydrogens is 423 g/mol. The molecule has 31 heavy (non-hydrogen) atoms. The number of amides is 1. The molecule has 0 spiro atoms. The largest absolute Gasteiger partial charge is 0.416 e. The van der Waals surface area contributed by atoms with Gasteiger partial charge in [0.2, 0.25) is 5.91 Å². The van der Waals surface area contributed by atoms with Crippen molar-refractivity contribution in [2.45, 2.75) is 38.3 Å². The first-order chi connectivity index (χ1) is 14.5. The summed E-state index contributed by atoms with van der Waals surface area (Å²) in [6, 6.07) is 4.09. The maximum atomic E-state index is 13.6. The summed E-state index contributed by atoms with van der Waals surface area (Å²) in [6.45, 7) is 5.25. The van der Waals surface area contributed by atoms with E-state index >= 15 is 0 Å². The van der Waals surface area contributed by atoms with Gasteiger partial charge >= 0.3 is 6.18 Å². The highest BCUT2D eigenvalue weighted by atomic mass is 32.2. The Morgan fingerprint density at radius 1 is 1.26 bits per heavy atom. The van der Waals surface area contributed by atoms with E-state index in [1.807, 2.05) is 49.9 Å². The second kappa shape index (κ2) is 10.2. The molecule has 1 aromatic heterocycles. The third-order valence-corrected chi connectivity index (χ3v) is 5.23. The second-order valence-electron chi connectivity index (χ2n) is 7.28. The maximum absolute atomic E-state index is 13.6. The summed E-state index contributed by atoms with van der Waals surface area (Å²) in [5, 5.41) is 4.39. The lowest BCUT2D eigenvalue weighted by Gasteiger charge is -2.14. The Morgan fingerprint density at radius 3 is 2.45 bits per heavy atom. The SMILES string of the molecule is C\C=c1/c(=C\C(=C\CC)NC(C)=O)c(-c2cc(SN(C)C)cc(C(F)(F)F)c2)cn1C. The van der Waals surface area contributed by atoms with Gasteiger partial charge in [-0.3, -0.25) is 9.10 Å². The van der Waals surface area contributed by atoms with Gasteiger partial charge < -0.3 is 9.88 Å². The molecule has 0 unspecified atom stereocenters. The molecule has 0 saturated carbocycles. The lowest BCUT2D eigenvalue weighted by molar-refractivity contribution is -0.137. The molecule has 0 fully saturated rings. The van der Waals surface area contributed by atoms with E-state index in [0.29, 0.717) is 28.1 Å². The van der Waals surface area contributed by atoms with Crippen molar-refractivity contribution in [3.05, 3.63) is 52.3 Å². The Hall–Kier alpha value is -2.45. The fourth-order valence-electron chi connectivity index (χ4n) is 3.31. The molecule has 0 aliphatic rings. The molecular formula is C23H28F3N3OS. The van der Waals surface area contributed by atoms with Crippen molar-refractivity contribution in [1.29, 1.82) is 0 Å². The number of aromatic nitrogens is 1. The molecule has 2 aromatic rings. The molecule has 0 aliphatic carbocycles. The number of hydrogen-bond acceptors (Lipinski definition) is 3. The Balaban J connectivity index is 2.84. The van der Waals surface area contributed by atoms with Crippen LogP contribution in [0, 0.1) is 0 Å². The van der Waals surface area contributed by atoms with Crippen molar-refractivity contribution in [3.8, 4) is 11.1 Å². The summed E-state index contributed by atoms with van der Waals surface area (Å²) >= 11 is 1.23. The van der Waals surface area contributed by atoms with Crippen molar-refractivity contribution in [2.75, 3.05) is 14.1 Å². The molecule has 1 heterocycles. The van der Waals surface area contributed by atoms with E-state index in [4.69, 9.17) is 0 Å². The number of carbonyl (C=O) groups excluding carboxylic acids is 1. The van der Waals surface area contributed by atoms with Crippen molar-refractivity contribution in [2.24, 2.45) is 7.05 Å². The van der Waals surface area contributed by atoms with Crippen LogP contribution in [0.5, 0.6) is 0 Å². The number of alkyl halides is 3. The topological polar surface area (TPSA) is 37.3 Å². The normalized spacial score (nSPS) is 13.9. The lowest BCUT2D eigenvalue weighted by atomic mass is 10.0. The fraction of sp³-hybridized carbons (Fsp3) is 0.348. The molecule has 1 amide bonds. The zero-order valence-corrected chi connectivity index (χ0v) is 19.4. The van der Waals surface area contributed by atoms with Crippen LogP contribution in [0.4, 0.5) is 13.2 Å². The first kappa shape index (κ1) is 24.8. The predicted octanol–water partition coefficient (Wildman–Crippen LogP) is 4.29. The molecule has 1 aromatic carbocycles. The van der Waals surface area contributed by atoms with Gasteiger partial charge in [0.1, 0.15) is 0 Å². The monoisotopic (exact) mass is 451 g/mol. The van der Waals surface area contributed by atoms with Crippen molar-refractivity contribution in [3.63, 3.8) is 0 Å². The van der Waals surface area contributed by atoms with E-state index < -0.39 is 11.7 Å². The molecule has 1 N–H and O–H groups in total. The van der Waals surface area contributed by atoms with Gasteiger partial charge in [0.05, 0.1) is 5.56 Å². The number of aryl methyl sites for hydroxylation is 1. The van der Waals surface area contributed by atoms with Crippen LogP contribution in [0.15, 0.2) is 41.1 Å². The minimum atomic E-state index is -4.46. The number of halogens is 3. The molecule has 0 aliphatic heterocycles. The van der Waals surface area contributed by atoms with Gasteiger partial charge in [-0.2, -0.15) is 13.2 Å². The molecule has 8 heteroatoms. The number of rotatable bonds is 6. The van der Waals surface area contributed by atoms with E-state index in [2.05, 4.69) is 5.32 Å². The van der Waals surface area contributed by atoms with E-state index in [1.165, 1.54) is 24.9 Å². The maximum Gasteiger partial charge on any atom is 0.416 e. The minimum Gasteiger partial charge on any atom is -0.350 e. The smallest absolute Gasteiger partial charge is 0.350 e. The van der Waals surface area contributed by atoms with E-state index in [1.54, 1.807) is 24.5 Å². The van der Waals surface area contributed by atoms with Gasteiger partial charge in [-0.25, -0.2) is 0 Å². The molecule has 2 rings (SSSR count). The third kappa shape index (κ3) is 6.51. The highest BCUT2D eigenvalue weighted by molar-refractivity contribution is 7.97. The summed E-state index contributed by atoms with van der Waals surface area (Å²) in [4.78, 5) is 12.1. The summed E-state index contributed by atoms with van der Waals surface area (Å²) in [7, 11) is 5.42. The molecule has 0 radical (unpaired) electrons. The Kier molecular flexibility index (Phi) is 8.20. The summed E-state index contributed by atoms with van der Waals surface area (Å²) in [5.74, 6) is -0.209. The average Bonchev–Trinajstić information content (AvgIpc) is 2.95. The Bertz CT molecular complexity index is 1100. The number of nitrogens with zero attached hydrogens (tertiary/aromatic N) is 2. The first-order valence-corrected chi connectivity index (χ1v) is 10.6. The zero-order chi connectivity index (χ0) is 23.3. The number of allylic oxidation sites excluding steroid dienone is 2. The fourth-order valence-corrected chi connectivity index (χ4v) is 4.09. The summed E-state index contributed by atoms with van der Waals surface area (Å²) in [5.41, 5.74) is 1.04. The first-order valence-electron chi connectivity index (χ1n) is 9.85. The second-order valence-corrected chi connectivity index (χ2v) is 8.67. The third-order valence-electron chi connectivity index (χ3n) is 4.42. The van der Waals surface area contributed by atoms with Gasteiger partial charge in [0.25, 0.3) is 0 Å². The number of carbonyl (C=O) groups is 1. The Morgan fingerprint density at radius 2 is 1.94 bits per heavy atom. The van der Waals surface area contributed by atoms with Crippen LogP contribution in [0.2, 0.25) is 0 Å². The van der Waals surface area contributed by atoms with Crippen LogP contribution in [-0.4, -0.2) is 28.9 Å². The average molecular weight is 452 g/mol. The summed E-state index contributed by atoms with van der Waals surface area (Å²) < 4.78 is 44.4. The highest BCUT2D eigenvalue weighted by Crippen LogP contribution is 2.35. The molecule has 0 bridgehead atoms. The predicted molar refractivity (Wildman–Crippen MR) is 121 cm³/mol. The highest BCUT2D eigenvalue weighted by Gasteiger charge is 2.31. The van der Waals surface area contributed by atoms with Gasteiger partial charge in [-0.15, -0.1) is 0 Å². The molecule has 0 saturated heterocycles. The van der Waals surface area contributed by atoms with Gasteiger partial charge in [-0.1, -0.05) is 19.1 Å². The number of benzene rings is 1. The molecule has 168 valence electrons. The van der Waals surface area contributed by atoms with Crippen LogP contribution in [0.1, 0.15) is 32.8 Å². The van der Waals surface area contributed by atoms with E-state index in [0.717, 1.165) is 16.6 Å². The quantitative estimate of drug-likeness (QED) is 0.666. The summed E-state index contributed by atoms with van der Waals surface area (Å²) in [6.07, 6.45) is 3.64. The minimum absolute atomic E-state index is 0.209. The van der Waals surface area contributed by atoms with Crippen LogP contribution in [-0.2, 0) is 18.0 Å². The molecule has 0 atom stereocenters. The van der Waals surface area contributed by atoms with Crippen molar-refractivity contribution in [1.82, 2.24) is 14.2 Å². The van der Waals surface area contributed by atoms with E-state index in [-0.39, 0.29) is 5.91 Å². The molecule has 4 nitrogen and oxygen atoms in total. The van der Waals surface area contributed by atoms with Crippen LogP contribution < -0.4 is 15.9 Å². The van der Waals surface area contributed by atoms with E-state index in [9.17, 15) is 18.0 Å². The number of hydrogen-bond donors (Lipinski definition) is 1.